The summed E-state index contributed by atoms with van der Waals surface area (Å²) in [5.41, 5.74) is 0.536. The maximum absolute atomic E-state index is 11.8. The molecule has 2 aromatic rings. The van der Waals surface area contributed by atoms with Crippen LogP contribution in [0, 0.1) is 6.92 Å². The van der Waals surface area contributed by atoms with Gasteiger partial charge in [0.2, 0.25) is 0 Å². The fourth-order valence-corrected chi connectivity index (χ4v) is 2.47. The average Bonchev–Trinajstić information content (AvgIpc) is 2.73. The molecule has 0 bridgehead atoms. The van der Waals surface area contributed by atoms with Crippen molar-refractivity contribution in [2.45, 2.75) is 13.5 Å². The number of nitrogens with zero attached hydrogens (tertiary/aromatic N) is 2. The van der Waals surface area contributed by atoms with Crippen molar-refractivity contribution in [3.05, 3.63) is 44.6 Å². The molecule has 4 nitrogen and oxygen atoms in total. The molecule has 1 amide bonds. The summed E-state index contributed by atoms with van der Waals surface area (Å²) in [7, 11) is 0. The molecule has 2 aromatic heterocycles. The molecule has 0 radical (unpaired) electrons. The highest BCUT2D eigenvalue weighted by Crippen LogP contribution is 2.14. The molecule has 6 heteroatoms. The highest BCUT2D eigenvalue weighted by molar-refractivity contribution is 9.10. The van der Waals surface area contributed by atoms with Crippen molar-refractivity contribution >= 4 is 33.2 Å². The molecule has 0 unspecified atom stereocenters. The van der Waals surface area contributed by atoms with E-state index >= 15 is 0 Å². The first-order chi connectivity index (χ1) is 8.16. The van der Waals surface area contributed by atoms with Gasteiger partial charge in [-0.3, -0.25) is 4.79 Å². The second-order valence-electron chi connectivity index (χ2n) is 3.37. The number of hydrogen-bond donors (Lipinski definition) is 1. The molecule has 1 N–H and O–H groups in total. The summed E-state index contributed by atoms with van der Waals surface area (Å²) in [6.07, 6.45) is 3.41. The van der Waals surface area contributed by atoms with Gasteiger partial charge in [0.15, 0.2) is 0 Å². The Morgan fingerprint density at radius 1 is 1.53 bits per heavy atom. The van der Waals surface area contributed by atoms with Gasteiger partial charge in [0.1, 0.15) is 4.60 Å². The molecular weight excluding hydrogens is 302 g/mol. The van der Waals surface area contributed by atoms with E-state index in [0.717, 1.165) is 9.88 Å². The number of hydrogen-bond acceptors (Lipinski definition) is 4. The largest absolute Gasteiger partial charge is 0.347 e. The van der Waals surface area contributed by atoms with Gasteiger partial charge in [-0.2, -0.15) is 0 Å². The number of aromatic nitrogens is 2. The van der Waals surface area contributed by atoms with Gasteiger partial charge >= 0.3 is 0 Å². The second kappa shape index (κ2) is 5.37. The third-order valence-electron chi connectivity index (χ3n) is 2.10. The topological polar surface area (TPSA) is 54.9 Å². The highest BCUT2D eigenvalue weighted by atomic mass is 79.9. The van der Waals surface area contributed by atoms with Crippen LogP contribution in [0.2, 0.25) is 0 Å². The van der Waals surface area contributed by atoms with Crippen molar-refractivity contribution < 1.29 is 4.79 Å². The number of amides is 1. The van der Waals surface area contributed by atoms with E-state index in [-0.39, 0.29) is 5.91 Å². The number of nitrogens with one attached hydrogen (secondary N) is 1. The third-order valence-corrected chi connectivity index (χ3v) is 3.64. The number of rotatable bonds is 3. The lowest BCUT2D eigenvalue weighted by atomic mass is 10.3. The van der Waals surface area contributed by atoms with Gasteiger partial charge < -0.3 is 5.32 Å². The van der Waals surface area contributed by atoms with Crippen LogP contribution in [0.1, 0.15) is 20.2 Å². The van der Waals surface area contributed by atoms with Crippen LogP contribution >= 0.6 is 27.3 Å². The van der Waals surface area contributed by atoms with Crippen LogP contribution in [0.4, 0.5) is 0 Å². The normalized spacial score (nSPS) is 10.2. The van der Waals surface area contributed by atoms with Crippen LogP contribution in [-0.4, -0.2) is 15.9 Å². The number of thiazole rings is 1. The van der Waals surface area contributed by atoms with Crippen molar-refractivity contribution in [1.29, 1.82) is 0 Å². The van der Waals surface area contributed by atoms with Crippen LogP contribution in [-0.2, 0) is 6.54 Å². The molecule has 0 saturated heterocycles. The van der Waals surface area contributed by atoms with E-state index in [1.807, 2.05) is 6.92 Å². The van der Waals surface area contributed by atoms with E-state index in [0.29, 0.717) is 16.7 Å². The zero-order valence-corrected chi connectivity index (χ0v) is 11.5. The zero-order chi connectivity index (χ0) is 12.3. The summed E-state index contributed by atoms with van der Waals surface area (Å²) in [6, 6.07) is 3.46. The van der Waals surface area contributed by atoms with E-state index < -0.39 is 0 Å². The Kier molecular flexibility index (Phi) is 3.86. The molecular formula is C11H10BrN3OS. The van der Waals surface area contributed by atoms with Crippen molar-refractivity contribution in [1.82, 2.24) is 15.3 Å². The average molecular weight is 312 g/mol. The van der Waals surface area contributed by atoms with Crippen molar-refractivity contribution in [3.63, 3.8) is 0 Å². The number of carbonyl (C=O) groups excluding carboxylic acids is 1. The summed E-state index contributed by atoms with van der Waals surface area (Å²) >= 11 is 4.82. The van der Waals surface area contributed by atoms with Crippen molar-refractivity contribution in [3.8, 4) is 0 Å². The molecule has 0 spiro atoms. The quantitative estimate of drug-likeness (QED) is 0.886. The number of halogens is 1. The molecule has 0 saturated carbocycles. The smallest absolute Gasteiger partial charge is 0.254 e. The predicted molar refractivity (Wildman–Crippen MR) is 70.0 cm³/mol. The maximum Gasteiger partial charge on any atom is 0.254 e. The first-order valence-electron chi connectivity index (χ1n) is 4.97. The minimum atomic E-state index is -0.143. The van der Waals surface area contributed by atoms with Gasteiger partial charge in [0.25, 0.3) is 5.91 Å². The van der Waals surface area contributed by atoms with Crippen molar-refractivity contribution in [2.75, 3.05) is 0 Å². The van der Waals surface area contributed by atoms with Gasteiger partial charge in [0, 0.05) is 17.3 Å². The van der Waals surface area contributed by atoms with Gasteiger partial charge in [-0.25, -0.2) is 9.97 Å². The summed E-state index contributed by atoms with van der Waals surface area (Å²) in [4.78, 5) is 21.0. The van der Waals surface area contributed by atoms with Crippen molar-refractivity contribution in [2.24, 2.45) is 0 Å². The second-order valence-corrected chi connectivity index (χ2v) is 5.44. The monoisotopic (exact) mass is 311 g/mol. The van der Waals surface area contributed by atoms with E-state index in [1.165, 1.54) is 0 Å². The highest BCUT2D eigenvalue weighted by Gasteiger charge is 2.10. The van der Waals surface area contributed by atoms with E-state index in [1.54, 1.807) is 35.9 Å². The summed E-state index contributed by atoms with van der Waals surface area (Å²) < 4.78 is 0.554. The number of aryl methyl sites for hydroxylation is 1. The van der Waals surface area contributed by atoms with Crippen LogP contribution in [0.25, 0.3) is 0 Å². The maximum atomic E-state index is 11.8. The Balaban J connectivity index is 2.01. The fourth-order valence-electron chi connectivity index (χ4n) is 1.31. The first-order valence-corrected chi connectivity index (χ1v) is 6.58. The first kappa shape index (κ1) is 12.2. The number of pyridine rings is 1. The van der Waals surface area contributed by atoms with E-state index in [9.17, 15) is 4.79 Å². The molecule has 88 valence electrons. The molecule has 2 heterocycles. The Labute approximate surface area is 111 Å². The summed E-state index contributed by atoms with van der Waals surface area (Å²) in [6.45, 7) is 2.43. The molecule has 0 aliphatic heterocycles. The lowest BCUT2D eigenvalue weighted by molar-refractivity contribution is 0.0950. The molecule has 0 atom stereocenters. The SMILES string of the molecule is Cc1ncc(CNC(=O)c2cccnc2Br)s1. The fraction of sp³-hybridized carbons (Fsp3) is 0.182. The minimum Gasteiger partial charge on any atom is -0.347 e. The minimum absolute atomic E-state index is 0.143. The molecule has 0 fully saturated rings. The Morgan fingerprint density at radius 2 is 2.35 bits per heavy atom. The lowest BCUT2D eigenvalue weighted by Crippen LogP contribution is -2.22. The van der Waals surface area contributed by atoms with E-state index in [4.69, 9.17) is 0 Å². The molecule has 0 aliphatic carbocycles. The molecule has 0 aliphatic rings. The van der Waals surface area contributed by atoms with Gasteiger partial charge in [-0.15, -0.1) is 11.3 Å². The molecule has 2 rings (SSSR count). The Morgan fingerprint density at radius 3 is 3.00 bits per heavy atom. The summed E-state index contributed by atoms with van der Waals surface area (Å²) in [5.74, 6) is -0.143. The standard InChI is InChI=1S/C11H10BrN3OS/c1-7-14-5-8(17-7)6-15-11(16)9-3-2-4-13-10(9)12/h2-5H,6H2,1H3,(H,15,16). The molecule has 0 aromatic carbocycles. The zero-order valence-electron chi connectivity index (χ0n) is 9.11. The van der Waals surface area contributed by atoms with Gasteiger partial charge in [-0.05, 0) is 35.0 Å². The van der Waals surface area contributed by atoms with Gasteiger partial charge in [0.05, 0.1) is 17.1 Å². The van der Waals surface area contributed by atoms with Crippen LogP contribution in [0.5, 0.6) is 0 Å². The lowest BCUT2D eigenvalue weighted by Gasteiger charge is -2.04. The predicted octanol–water partition coefficient (Wildman–Crippen LogP) is 2.54. The van der Waals surface area contributed by atoms with E-state index in [2.05, 4.69) is 31.2 Å². The Hall–Kier alpha value is -1.27. The van der Waals surface area contributed by atoms with Gasteiger partial charge in [-0.1, -0.05) is 0 Å². The summed E-state index contributed by atoms with van der Waals surface area (Å²) in [5, 5.41) is 3.83. The van der Waals surface area contributed by atoms with Crippen LogP contribution in [0.15, 0.2) is 29.1 Å². The van der Waals surface area contributed by atoms with Crippen LogP contribution < -0.4 is 5.32 Å². The van der Waals surface area contributed by atoms with Crippen LogP contribution in [0.3, 0.4) is 0 Å². The Bertz CT molecular complexity index is 541. The third kappa shape index (κ3) is 3.10. The number of carbonyl (C=O) groups is 1. The molecule has 17 heavy (non-hydrogen) atoms.